The molecule has 1 aliphatic rings. The zero-order valence-corrected chi connectivity index (χ0v) is 12.4. The number of rotatable bonds is 1. The maximum atomic E-state index is 13.6. The summed E-state index contributed by atoms with van der Waals surface area (Å²) < 4.78 is 18.8. The van der Waals surface area contributed by atoms with Crippen LogP contribution in [-0.4, -0.2) is 28.8 Å². The van der Waals surface area contributed by atoms with E-state index in [0.29, 0.717) is 11.1 Å². The predicted molar refractivity (Wildman–Crippen MR) is 75.0 cm³/mol. The number of nitrogens with zero attached hydrogens (tertiary/aromatic N) is 1. The third-order valence-electron chi connectivity index (χ3n) is 3.26. The lowest BCUT2D eigenvalue weighted by Gasteiger charge is -2.27. The molecule has 1 aromatic carbocycles. The largest absolute Gasteiger partial charge is 0.480 e. The number of carbonyl (C=O) groups excluding carboxylic acids is 1. The van der Waals surface area contributed by atoms with E-state index in [1.54, 1.807) is 27.7 Å². The minimum atomic E-state index is -1.14. The van der Waals surface area contributed by atoms with Crippen molar-refractivity contribution < 1.29 is 23.8 Å². The summed E-state index contributed by atoms with van der Waals surface area (Å²) in [5, 5.41) is 9.32. The monoisotopic (exact) mass is 295 g/mol. The summed E-state index contributed by atoms with van der Waals surface area (Å²) in [6.07, 6.45) is -0.630. The molecule has 2 rings (SSSR count). The molecule has 21 heavy (non-hydrogen) atoms. The predicted octanol–water partition coefficient (Wildman–Crippen LogP) is 2.88. The molecule has 6 heteroatoms. The fourth-order valence-corrected chi connectivity index (χ4v) is 2.42. The van der Waals surface area contributed by atoms with Crippen LogP contribution < -0.4 is 4.90 Å². The molecule has 5 nitrogen and oxygen atoms in total. The second kappa shape index (κ2) is 5.02. The summed E-state index contributed by atoms with van der Waals surface area (Å²) in [5.41, 5.74) is 0.803. The molecule has 0 radical (unpaired) electrons. The first-order valence-electron chi connectivity index (χ1n) is 6.64. The molecule has 1 N–H and O–H groups in total. The van der Waals surface area contributed by atoms with E-state index in [2.05, 4.69) is 0 Å². The van der Waals surface area contributed by atoms with Gasteiger partial charge in [0.25, 0.3) is 0 Å². The van der Waals surface area contributed by atoms with Gasteiger partial charge in [0, 0.05) is 6.42 Å². The Kier molecular flexibility index (Phi) is 3.65. The van der Waals surface area contributed by atoms with Gasteiger partial charge >= 0.3 is 12.1 Å². The summed E-state index contributed by atoms with van der Waals surface area (Å²) in [6, 6.07) is 1.43. The number of halogens is 1. The lowest BCUT2D eigenvalue weighted by Crippen LogP contribution is -2.45. The Balaban J connectivity index is 2.47. The van der Waals surface area contributed by atoms with Gasteiger partial charge in [-0.15, -0.1) is 0 Å². The van der Waals surface area contributed by atoms with E-state index in [9.17, 15) is 19.1 Å². The Labute approximate surface area is 122 Å². The smallest absolute Gasteiger partial charge is 0.415 e. The van der Waals surface area contributed by atoms with Gasteiger partial charge < -0.3 is 9.84 Å². The molecule has 0 saturated heterocycles. The maximum Gasteiger partial charge on any atom is 0.415 e. The van der Waals surface area contributed by atoms with Crippen molar-refractivity contribution in [2.24, 2.45) is 0 Å². The first kappa shape index (κ1) is 15.3. The van der Waals surface area contributed by atoms with Gasteiger partial charge in [-0.3, -0.25) is 4.90 Å². The van der Waals surface area contributed by atoms with Gasteiger partial charge in [0.05, 0.1) is 5.69 Å². The Morgan fingerprint density at radius 3 is 2.52 bits per heavy atom. The number of hydrogen-bond acceptors (Lipinski definition) is 3. The summed E-state index contributed by atoms with van der Waals surface area (Å²) in [4.78, 5) is 24.7. The summed E-state index contributed by atoms with van der Waals surface area (Å²) in [6.45, 7) is 6.76. The van der Waals surface area contributed by atoms with Crippen molar-refractivity contribution in [3.63, 3.8) is 0 Å². The fourth-order valence-electron chi connectivity index (χ4n) is 2.42. The Morgan fingerprint density at radius 1 is 1.38 bits per heavy atom. The van der Waals surface area contributed by atoms with Gasteiger partial charge in [0.2, 0.25) is 0 Å². The Morgan fingerprint density at radius 2 is 2.00 bits per heavy atom. The zero-order valence-electron chi connectivity index (χ0n) is 12.4. The van der Waals surface area contributed by atoms with E-state index in [4.69, 9.17) is 4.74 Å². The van der Waals surface area contributed by atoms with Crippen molar-refractivity contribution in [1.82, 2.24) is 0 Å². The van der Waals surface area contributed by atoms with Gasteiger partial charge in [-0.1, -0.05) is 0 Å². The van der Waals surface area contributed by atoms with Crippen LogP contribution in [0.25, 0.3) is 0 Å². The highest BCUT2D eigenvalue weighted by molar-refractivity contribution is 5.98. The fraction of sp³-hybridized carbons (Fsp3) is 0.467. The number of aryl methyl sites for hydroxylation is 1. The molecule has 0 fully saturated rings. The number of carbonyl (C=O) groups is 2. The number of carboxylic acid groups (broad SMARTS) is 1. The highest BCUT2D eigenvalue weighted by atomic mass is 19.1. The van der Waals surface area contributed by atoms with Crippen molar-refractivity contribution in [1.29, 1.82) is 0 Å². The third-order valence-corrected chi connectivity index (χ3v) is 3.26. The minimum Gasteiger partial charge on any atom is -0.480 e. The molecular weight excluding hydrogens is 277 g/mol. The number of carboxylic acids is 1. The van der Waals surface area contributed by atoms with Gasteiger partial charge in [-0.05, 0) is 51.0 Å². The lowest BCUT2D eigenvalue weighted by atomic mass is 10.0. The molecule has 1 atom stereocenters. The number of benzene rings is 1. The van der Waals surface area contributed by atoms with Crippen LogP contribution >= 0.6 is 0 Å². The van der Waals surface area contributed by atoms with Crippen LogP contribution in [0.3, 0.4) is 0 Å². The number of amides is 1. The molecule has 0 aromatic heterocycles. The molecule has 1 amide bonds. The molecule has 0 spiro atoms. The van der Waals surface area contributed by atoms with Crippen LogP contribution in [0, 0.1) is 12.7 Å². The van der Waals surface area contributed by atoms with Crippen molar-refractivity contribution in [2.45, 2.75) is 45.8 Å². The number of aliphatic carboxylic acids is 1. The summed E-state index contributed by atoms with van der Waals surface area (Å²) in [7, 11) is 0. The van der Waals surface area contributed by atoms with E-state index < -0.39 is 29.5 Å². The van der Waals surface area contributed by atoms with E-state index in [1.807, 2.05) is 0 Å². The van der Waals surface area contributed by atoms with E-state index >= 15 is 0 Å². The zero-order chi connectivity index (χ0) is 15.9. The van der Waals surface area contributed by atoms with Crippen LogP contribution in [0.1, 0.15) is 31.9 Å². The maximum absolute atomic E-state index is 13.6. The van der Waals surface area contributed by atoms with Gasteiger partial charge in [-0.2, -0.15) is 0 Å². The van der Waals surface area contributed by atoms with Crippen LogP contribution in [0.15, 0.2) is 12.1 Å². The van der Waals surface area contributed by atoms with Crippen molar-refractivity contribution in [2.75, 3.05) is 4.90 Å². The molecule has 114 valence electrons. The number of anilines is 1. The lowest BCUT2D eigenvalue weighted by molar-refractivity contribution is -0.138. The quantitative estimate of drug-likeness (QED) is 0.865. The second-order valence-electron chi connectivity index (χ2n) is 6.13. The Hall–Kier alpha value is -2.11. The van der Waals surface area contributed by atoms with Gasteiger partial charge in [0.15, 0.2) is 0 Å². The first-order valence-corrected chi connectivity index (χ1v) is 6.64. The van der Waals surface area contributed by atoms with Crippen molar-refractivity contribution in [3.05, 3.63) is 29.1 Å². The Bertz CT molecular complexity index is 606. The molecule has 0 saturated carbocycles. The van der Waals surface area contributed by atoms with E-state index in [-0.39, 0.29) is 12.1 Å². The number of hydrogen-bond donors (Lipinski definition) is 1. The number of fused-ring (bicyclic) bond motifs is 1. The van der Waals surface area contributed by atoms with E-state index in [1.165, 1.54) is 12.1 Å². The topological polar surface area (TPSA) is 66.8 Å². The van der Waals surface area contributed by atoms with Crippen LogP contribution in [-0.2, 0) is 16.0 Å². The normalized spacial score (nSPS) is 17.6. The first-order chi connectivity index (χ1) is 9.60. The molecule has 0 bridgehead atoms. The molecule has 0 aliphatic carbocycles. The average molecular weight is 295 g/mol. The SMILES string of the molecule is Cc1cc(F)cc2c1C[C@@H](C(=O)O)N2C(=O)OC(C)(C)C. The summed E-state index contributed by atoms with van der Waals surface area (Å²) in [5.74, 6) is -1.65. The van der Waals surface area contributed by atoms with E-state index in [0.717, 1.165) is 4.90 Å². The van der Waals surface area contributed by atoms with Gasteiger partial charge in [-0.25, -0.2) is 14.0 Å². The third kappa shape index (κ3) is 2.99. The van der Waals surface area contributed by atoms with Crippen LogP contribution in [0.4, 0.5) is 14.9 Å². The second-order valence-corrected chi connectivity index (χ2v) is 6.13. The van der Waals surface area contributed by atoms with Crippen LogP contribution in [0.5, 0.6) is 0 Å². The summed E-state index contributed by atoms with van der Waals surface area (Å²) >= 11 is 0. The highest BCUT2D eigenvalue weighted by Crippen LogP contribution is 2.36. The standard InChI is InChI=1S/C15H18FNO4/c1-8-5-9(16)6-11-10(8)7-12(13(18)19)17(11)14(20)21-15(2,3)4/h5-6,12H,7H2,1-4H3,(H,18,19)/t12-/m0/s1. The van der Waals surface area contributed by atoms with Gasteiger partial charge in [0.1, 0.15) is 17.5 Å². The molecular formula is C15H18FNO4. The van der Waals surface area contributed by atoms with Crippen molar-refractivity contribution in [3.8, 4) is 0 Å². The molecule has 0 unspecified atom stereocenters. The molecule has 1 heterocycles. The van der Waals surface area contributed by atoms with Crippen molar-refractivity contribution >= 4 is 17.7 Å². The minimum absolute atomic E-state index is 0.149. The highest BCUT2D eigenvalue weighted by Gasteiger charge is 2.41. The molecule has 1 aromatic rings. The average Bonchev–Trinajstić information content (AvgIpc) is 2.66. The molecule has 1 aliphatic heterocycles. The number of ether oxygens (including phenoxy) is 1. The van der Waals surface area contributed by atoms with Crippen LogP contribution in [0.2, 0.25) is 0 Å².